The highest BCUT2D eigenvalue weighted by Gasteiger charge is 2.20. The Kier molecular flexibility index (Phi) is 6.27. The lowest BCUT2D eigenvalue weighted by Crippen LogP contribution is -2.46. The standard InChI is InChI=1S/C10H25N3O/c1-10(14,9-13(4)5)8-11-6-7-12(2)3/h11,14H,6-9H2,1-5H3. The minimum Gasteiger partial charge on any atom is -0.388 e. The molecule has 0 saturated heterocycles. The van der Waals surface area contributed by atoms with Crippen molar-refractivity contribution in [3.8, 4) is 0 Å². The summed E-state index contributed by atoms with van der Waals surface area (Å²) in [6.07, 6.45) is 0. The summed E-state index contributed by atoms with van der Waals surface area (Å²) in [5.41, 5.74) is -0.643. The van der Waals surface area contributed by atoms with Crippen molar-refractivity contribution in [3.63, 3.8) is 0 Å². The first-order valence-corrected chi connectivity index (χ1v) is 5.06. The van der Waals surface area contributed by atoms with Crippen LogP contribution in [0.1, 0.15) is 6.92 Å². The largest absolute Gasteiger partial charge is 0.388 e. The third kappa shape index (κ3) is 8.44. The van der Waals surface area contributed by atoms with Crippen LogP contribution in [0.4, 0.5) is 0 Å². The molecule has 4 heteroatoms. The highest BCUT2D eigenvalue weighted by Crippen LogP contribution is 2.01. The van der Waals surface area contributed by atoms with Crippen LogP contribution in [0.25, 0.3) is 0 Å². The molecule has 86 valence electrons. The fourth-order valence-corrected chi connectivity index (χ4v) is 1.40. The molecule has 0 aliphatic rings. The van der Waals surface area contributed by atoms with Gasteiger partial charge in [-0.25, -0.2) is 0 Å². The predicted molar refractivity (Wildman–Crippen MR) is 60.6 cm³/mol. The first-order chi connectivity index (χ1) is 6.33. The minimum absolute atomic E-state index is 0.638. The Morgan fingerprint density at radius 1 is 1.14 bits per heavy atom. The summed E-state index contributed by atoms with van der Waals surface area (Å²) in [7, 11) is 8.02. The lowest BCUT2D eigenvalue weighted by atomic mass is 10.1. The van der Waals surface area contributed by atoms with Crippen LogP contribution in [0.2, 0.25) is 0 Å². The summed E-state index contributed by atoms with van der Waals surface area (Å²) in [6, 6.07) is 0. The molecule has 2 N–H and O–H groups in total. The lowest BCUT2D eigenvalue weighted by Gasteiger charge is -2.27. The SMILES string of the molecule is CN(C)CCNCC(C)(O)CN(C)C. The van der Waals surface area contributed by atoms with E-state index in [1.54, 1.807) is 0 Å². The van der Waals surface area contributed by atoms with Crippen LogP contribution in [0.15, 0.2) is 0 Å². The molecule has 0 rings (SSSR count). The topological polar surface area (TPSA) is 38.7 Å². The van der Waals surface area contributed by atoms with Gasteiger partial charge in [0, 0.05) is 26.2 Å². The van der Waals surface area contributed by atoms with Gasteiger partial charge in [0.2, 0.25) is 0 Å². The van der Waals surface area contributed by atoms with Crippen molar-refractivity contribution in [3.05, 3.63) is 0 Å². The second-order valence-electron chi connectivity index (χ2n) is 4.71. The van der Waals surface area contributed by atoms with Gasteiger partial charge >= 0.3 is 0 Å². The first-order valence-electron chi connectivity index (χ1n) is 5.06. The number of hydrogen-bond donors (Lipinski definition) is 2. The predicted octanol–water partition coefficient (Wildman–Crippen LogP) is -0.550. The van der Waals surface area contributed by atoms with E-state index in [9.17, 15) is 5.11 Å². The summed E-state index contributed by atoms with van der Waals surface area (Å²) in [5.74, 6) is 0. The molecule has 0 heterocycles. The molecular formula is C10H25N3O. The molecule has 1 unspecified atom stereocenters. The number of likely N-dealkylation sites (N-methyl/N-ethyl adjacent to an activating group) is 2. The van der Waals surface area contributed by atoms with Gasteiger partial charge in [-0.15, -0.1) is 0 Å². The van der Waals surface area contributed by atoms with E-state index >= 15 is 0 Å². The van der Waals surface area contributed by atoms with Crippen LogP contribution in [-0.4, -0.2) is 74.9 Å². The number of nitrogens with zero attached hydrogens (tertiary/aromatic N) is 2. The van der Waals surface area contributed by atoms with E-state index in [0.717, 1.165) is 13.1 Å². The zero-order valence-electron chi connectivity index (χ0n) is 10.2. The van der Waals surface area contributed by atoms with E-state index in [4.69, 9.17) is 0 Å². The van der Waals surface area contributed by atoms with Gasteiger partial charge in [-0.2, -0.15) is 0 Å². The molecule has 0 radical (unpaired) electrons. The lowest BCUT2D eigenvalue weighted by molar-refractivity contribution is 0.0337. The maximum atomic E-state index is 9.93. The van der Waals surface area contributed by atoms with Gasteiger partial charge in [0.25, 0.3) is 0 Å². The van der Waals surface area contributed by atoms with Gasteiger partial charge in [-0.05, 0) is 35.1 Å². The quantitative estimate of drug-likeness (QED) is 0.545. The van der Waals surface area contributed by atoms with Crippen LogP contribution < -0.4 is 5.32 Å². The Morgan fingerprint density at radius 3 is 2.14 bits per heavy atom. The van der Waals surface area contributed by atoms with Crippen molar-refractivity contribution in [2.24, 2.45) is 0 Å². The van der Waals surface area contributed by atoms with Crippen LogP contribution >= 0.6 is 0 Å². The monoisotopic (exact) mass is 203 g/mol. The summed E-state index contributed by atoms with van der Waals surface area (Å²) in [5, 5.41) is 13.2. The van der Waals surface area contributed by atoms with E-state index in [1.165, 1.54) is 0 Å². The minimum atomic E-state index is -0.643. The van der Waals surface area contributed by atoms with Gasteiger partial charge in [0.1, 0.15) is 0 Å². The number of hydrogen-bond acceptors (Lipinski definition) is 4. The maximum Gasteiger partial charge on any atom is 0.0869 e. The molecule has 0 aromatic heterocycles. The van der Waals surface area contributed by atoms with Gasteiger partial charge in [-0.3, -0.25) is 0 Å². The average Bonchev–Trinajstić information content (AvgIpc) is 1.95. The zero-order valence-corrected chi connectivity index (χ0v) is 10.2. The Labute approximate surface area is 87.9 Å². The highest BCUT2D eigenvalue weighted by atomic mass is 16.3. The molecule has 0 aromatic carbocycles. The van der Waals surface area contributed by atoms with Crippen molar-refractivity contribution in [2.75, 3.05) is 54.4 Å². The van der Waals surface area contributed by atoms with Crippen LogP contribution in [-0.2, 0) is 0 Å². The van der Waals surface area contributed by atoms with Crippen molar-refractivity contribution in [1.29, 1.82) is 0 Å². The van der Waals surface area contributed by atoms with Crippen molar-refractivity contribution >= 4 is 0 Å². The number of nitrogens with one attached hydrogen (secondary N) is 1. The van der Waals surface area contributed by atoms with Crippen LogP contribution in [0.3, 0.4) is 0 Å². The third-order valence-corrected chi connectivity index (χ3v) is 1.90. The van der Waals surface area contributed by atoms with Gasteiger partial charge in [0.15, 0.2) is 0 Å². The van der Waals surface area contributed by atoms with Crippen molar-refractivity contribution in [2.45, 2.75) is 12.5 Å². The Balaban J connectivity index is 3.55. The summed E-state index contributed by atoms with van der Waals surface area (Å²) < 4.78 is 0. The Hall–Kier alpha value is -0.160. The van der Waals surface area contributed by atoms with Crippen molar-refractivity contribution in [1.82, 2.24) is 15.1 Å². The van der Waals surface area contributed by atoms with E-state index < -0.39 is 5.60 Å². The fourth-order valence-electron chi connectivity index (χ4n) is 1.40. The highest BCUT2D eigenvalue weighted by molar-refractivity contribution is 4.77. The molecule has 0 amide bonds. The molecule has 1 atom stereocenters. The second-order valence-corrected chi connectivity index (χ2v) is 4.71. The fraction of sp³-hybridized carbons (Fsp3) is 1.00. The Morgan fingerprint density at radius 2 is 1.71 bits per heavy atom. The Bertz CT molecular complexity index is 146. The number of rotatable bonds is 7. The normalized spacial score (nSPS) is 16.3. The van der Waals surface area contributed by atoms with Crippen LogP contribution in [0.5, 0.6) is 0 Å². The summed E-state index contributed by atoms with van der Waals surface area (Å²) in [6.45, 7) is 5.09. The van der Waals surface area contributed by atoms with Gasteiger partial charge in [0.05, 0.1) is 5.60 Å². The van der Waals surface area contributed by atoms with E-state index in [1.807, 2.05) is 40.0 Å². The summed E-state index contributed by atoms with van der Waals surface area (Å²) >= 11 is 0. The molecule has 0 bridgehead atoms. The van der Waals surface area contributed by atoms with Gasteiger partial charge < -0.3 is 20.2 Å². The van der Waals surface area contributed by atoms with E-state index in [-0.39, 0.29) is 0 Å². The maximum absolute atomic E-state index is 9.93. The summed E-state index contributed by atoms with van der Waals surface area (Å²) in [4.78, 5) is 4.11. The van der Waals surface area contributed by atoms with Crippen molar-refractivity contribution < 1.29 is 5.11 Å². The number of aliphatic hydroxyl groups is 1. The van der Waals surface area contributed by atoms with Gasteiger partial charge in [-0.1, -0.05) is 0 Å². The molecule has 4 nitrogen and oxygen atoms in total. The molecule has 0 aromatic rings. The molecule has 0 fully saturated rings. The molecular weight excluding hydrogens is 178 g/mol. The smallest absolute Gasteiger partial charge is 0.0869 e. The van der Waals surface area contributed by atoms with E-state index in [2.05, 4.69) is 10.2 Å². The van der Waals surface area contributed by atoms with E-state index in [0.29, 0.717) is 13.1 Å². The molecule has 0 spiro atoms. The third-order valence-electron chi connectivity index (χ3n) is 1.90. The second kappa shape index (κ2) is 6.35. The zero-order chi connectivity index (χ0) is 11.2. The molecule has 0 aliphatic heterocycles. The first kappa shape index (κ1) is 13.8. The average molecular weight is 203 g/mol. The van der Waals surface area contributed by atoms with Crippen LogP contribution in [0, 0.1) is 0 Å². The molecule has 0 saturated carbocycles. The molecule has 14 heavy (non-hydrogen) atoms. The molecule has 0 aliphatic carbocycles.